The van der Waals surface area contributed by atoms with Crippen LogP contribution in [-0.2, 0) is 13.0 Å². The fourth-order valence-corrected chi connectivity index (χ4v) is 2.72. The van der Waals surface area contributed by atoms with E-state index in [1.54, 1.807) is 6.20 Å². The molecule has 1 aromatic carbocycles. The SMILES string of the molecule is CCNC(=NCc1cc2ccccc2[nH]1)NCCc1ccc(Cl)nc1.I. The third-order valence-electron chi connectivity index (χ3n) is 3.83. The molecule has 2 aromatic heterocycles. The molecule has 0 fully saturated rings. The number of fused-ring (bicyclic) bond motifs is 1. The number of benzene rings is 1. The first-order valence-electron chi connectivity index (χ1n) is 8.44. The molecule has 0 unspecified atom stereocenters. The predicted octanol–water partition coefficient (Wildman–Crippen LogP) is 4.13. The van der Waals surface area contributed by atoms with Gasteiger partial charge in [0.1, 0.15) is 5.15 Å². The number of nitrogens with one attached hydrogen (secondary N) is 3. The number of hydrogen-bond acceptors (Lipinski definition) is 2. The van der Waals surface area contributed by atoms with E-state index in [9.17, 15) is 0 Å². The minimum absolute atomic E-state index is 0. The minimum Gasteiger partial charge on any atom is -0.357 e. The number of rotatable bonds is 6. The number of aromatic amines is 1. The number of nitrogens with zero attached hydrogens (tertiary/aromatic N) is 2. The summed E-state index contributed by atoms with van der Waals surface area (Å²) in [5.41, 5.74) is 3.38. The van der Waals surface area contributed by atoms with Gasteiger partial charge >= 0.3 is 0 Å². The maximum Gasteiger partial charge on any atom is 0.191 e. The highest BCUT2D eigenvalue weighted by atomic mass is 127. The van der Waals surface area contributed by atoms with Gasteiger partial charge in [-0.05, 0) is 42.5 Å². The number of guanidine groups is 1. The van der Waals surface area contributed by atoms with E-state index in [0.717, 1.165) is 42.2 Å². The van der Waals surface area contributed by atoms with E-state index in [1.165, 1.54) is 5.39 Å². The van der Waals surface area contributed by atoms with Crippen molar-refractivity contribution in [1.29, 1.82) is 0 Å². The second-order valence-corrected chi connectivity index (χ2v) is 6.13. The second-order valence-electron chi connectivity index (χ2n) is 5.74. The first-order valence-corrected chi connectivity index (χ1v) is 8.81. The van der Waals surface area contributed by atoms with Crippen LogP contribution in [0.2, 0.25) is 5.15 Å². The molecule has 3 aromatic rings. The molecule has 0 radical (unpaired) electrons. The number of pyridine rings is 1. The number of hydrogen-bond donors (Lipinski definition) is 3. The molecule has 5 nitrogen and oxygen atoms in total. The molecule has 3 rings (SSSR count). The molecule has 3 N–H and O–H groups in total. The summed E-state index contributed by atoms with van der Waals surface area (Å²) < 4.78 is 0. The van der Waals surface area contributed by atoms with Crippen molar-refractivity contribution in [3.63, 3.8) is 0 Å². The smallest absolute Gasteiger partial charge is 0.191 e. The Morgan fingerprint density at radius 2 is 2.04 bits per heavy atom. The van der Waals surface area contributed by atoms with Crippen molar-refractivity contribution in [2.45, 2.75) is 19.9 Å². The Morgan fingerprint density at radius 1 is 1.19 bits per heavy atom. The van der Waals surface area contributed by atoms with Gasteiger partial charge in [0.2, 0.25) is 0 Å². The summed E-state index contributed by atoms with van der Waals surface area (Å²) in [4.78, 5) is 12.1. The molecule has 7 heteroatoms. The lowest BCUT2D eigenvalue weighted by molar-refractivity contribution is 0.796. The molecule has 0 saturated carbocycles. The monoisotopic (exact) mass is 483 g/mol. The molecule has 138 valence electrons. The van der Waals surface area contributed by atoms with E-state index in [0.29, 0.717) is 11.7 Å². The third-order valence-corrected chi connectivity index (χ3v) is 4.06. The van der Waals surface area contributed by atoms with Crippen molar-refractivity contribution in [2.75, 3.05) is 13.1 Å². The highest BCUT2D eigenvalue weighted by Gasteiger charge is 2.02. The molecule has 0 aliphatic rings. The molecule has 0 spiro atoms. The number of aliphatic imine (C=N–C) groups is 1. The quantitative estimate of drug-likeness (QED) is 0.214. The van der Waals surface area contributed by atoms with Crippen LogP contribution in [0.25, 0.3) is 10.9 Å². The van der Waals surface area contributed by atoms with E-state index >= 15 is 0 Å². The van der Waals surface area contributed by atoms with Crippen LogP contribution in [0.1, 0.15) is 18.2 Å². The summed E-state index contributed by atoms with van der Waals surface area (Å²) >= 11 is 5.81. The van der Waals surface area contributed by atoms with E-state index in [-0.39, 0.29) is 24.0 Å². The number of aromatic nitrogens is 2. The zero-order valence-electron chi connectivity index (χ0n) is 14.6. The van der Waals surface area contributed by atoms with E-state index in [4.69, 9.17) is 11.6 Å². The van der Waals surface area contributed by atoms with Crippen LogP contribution in [0.4, 0.5) is 0 Å². The fraction of sp³-hybridized carbons (Fsp3) is 0.263. The van der Waals surface area contributed by atoms with Crippen LogP contribution >= 0.6 is 35.6 Å². The van der Waals surface area contributed by atoms with Crippen LogP contribution in [-0.4, -0.2) is 29.0 Å². The Hall–Kier alpha value is -1.80. The molecule has 2 heterocycles. The lowest BCUT2D eigenvalue weighted by atomic mass is 10.2. The van der Waals surface area contributed by atoms with Gasteiger partial charge in [0.05, 0.1) is 6.54 Å². The van der Waals surface area contributed by atoms with Crippen molar-refractivity contribution < 1.29 is 0 Å². The van der Waals surface area contributed by atoms with Gasteiger partial charge in [0.25, 0.3) is 0 Å². The Bertz CT molecular complexity index is 812. The summed E-state index contributed by atoms with van der Waals surface area (Å²) in [6, 6.07) is 14.2. The number of para-hydroxylation sites is 1. The minimum atomic E-state index is 0. The first kappa shape index (κ1) is 20.5. The summed E-state index contributed by atoms with van der Waals surface area (Å²) in [5.74, 6) is 0.808. The summed E-state index contributed by atoms with van der Waals surface area (Å²) in [6.07, 6.45) is 2.67. The molecule has 0 aliphatic carbocycles. The van der Waals surface area contributed by atoms with Gasteiger partial charge < -0.3 is 15.6 Å². The Morgan fingerprint density at radius 3 is 2.77 bits per heavy atom. The van der Waals surface area contributed by atoms with Crippen molar-refractivity contribution in [2.24, 2.45) is 4.99 Å². The highest BCUT2D eigenvalue weighted by molar-refractivity contribution is 14.0. The first-order chi connectivity index (χ1) is 12.2. The van der Waals surface area contributed by atoms with E-state index < -0.39 is 0 Å². The third kappa shape index (κ3) is 5.88. The number of H-pyrrole nitrogens is 1. The molecule has 0 amide bonds. The lowest BCUT2D eigenvalue weighted by Crippen LogP contribution is -2.38. The maximum absolute atomic E-state index is 5.81. The van der Waals surface area contributed by atoms with Gasteiger partial charge in [-0.3, -0.25) is 0 Å². The van der Waals surface area contributed by atoms with Crippen molar-refractivity contribution in [3.05, 3.63) is 65.1 Å². The van der Waals surface area contributed by atoms with E-state index in [2.05, 4.69) is 50.7 Å². The van der Waals surface area contributed by atoms with Gasteiger partial charge in [-0.25, -0.2) is 9.98 Å². The summed E-state index contributed by atoms with van der Waals surface area (Å²) in [5, 5.41) is 8.35. The average molecular weight is 484 g/mol. The zero-order chi connectivity index (χ0) is 17.5. The fourth-order valence-electron chi connectivity index (χ4n) is 2.60. The predicted molar refractivity (Wildman–Crippen MR) is 119 cm³/mol. The van der Waals surface area contributed by atoms with Gasteiger partial charge in [0, 0.05) is 30.5 Å². The average Bonchev–Trinajstić information content (AvgIpc) is 3.04. The Kier molecular flexibility index (Phi) is 8.18. The summed E-state index contributed by atoms with van der Waals surface area (Å²) in [6.45, 7) is 4.26. The molecule has 0 bridgehead atoms. The molecular formula is C19H23ClIN5. The lowest BCUT2D eigenvalue weighted by Gasteiger charge is -2.11. The van der Waals surface area contributed by atoms with Gasteiger partial charge in [-0.1, -0.05) is 35.9 Å². The molecular weight excluding hydrogens is 461 g/mol. The molecule has 26 heavy (non-hydrogen) atoms. The molecule has 0 atom stereocenters. The van der Waals surface area contributed by atoms with Crippen molar-refractivity contribution in [1.82, 2.24) is 20.6 Å². The maximum atomic E-state index is 5.81. The van der Waals surface area contributed by atoms with Crippen LogP contribution in [0, 0.1) is 0 Å². The second kappa shape index (κ2) is 10.4. The number of halogens is 2. The van der Waals surface area contributed by atoms with Crippen molar-refractivity contribution in [3.8, 4) is 0 Å². The topological polar surface area (TPSA) is 65.1 Å². The Labute approximate surface area is 175 Å². The van der Waals surface area contributed by atoms with Gasteiger partial charge in [0.15, 0.2) is 5.96 Å². The van der Waals surface area contributed by atoms with Gasteiger partial charge in [-0.15, -0.1) is 24.0 Å². The zero-order valence-corrected chi connectivity index (χ0v) is 17.7. The van der Waals surface area contributed by atoms with Crippen molar-refractivity contribution >= 4 is 52.4 Å². The van der Waals surface area contributed by atoms with Gasteiger partial charge in [-0.2, -0.15) is 0 Å². The van der Waals surface area contributed by atoms with Crippen LogP contribution in [0.5, 0.6) is 0 Å². The van der Waals surface area contributed by atoms with E-state index in [1.807, 2.05) is 24.3 Å². The molecule has 0 aliphatic heterocycles. The Balaban J connectivity index is 0.00000243. The van der Waals surface area contributed by atoms with Crippen LogP contribution in [0.15, 0.2) is 53.7 Å². The molecule has 0 saturated heterocycles. The normalized spacial score (nSPS) is 11.2. The highest BCUT2D eigenvalue weighted by Crippen LogP contribution is 2.15. The largest absolute Gasteiger partial charge is 0.357 e. The van der Waals surface area contributed by atoms with Crippen LogP contribution < -0.4 is 10.6 Å². The summed E-state index contributed by atoms with van der Waals surface area (Å²) in [7, 11) is 0. The van der Waals surface area contributed by atoms with Crippen LogP contribution in [0.3, 0.4) is 0 Å². The standard InChI is InChI=1S/C19H22ClN5.HI/c1-2-21-19(22-10-9-14-7-8-18(20)23-12-14)24-13-16-11-15-5-3-4-6-17(15)25-16;/h3-8,11-12,25H,2,9-10,13H2,1H3,(H2,21,22,24);1H.